The lowest BCUT2D eigenvalue weighted by Crippen LogP contribution is -2.51. The lowest BCUT2D eigenvalue weighted by molar-refractivity contribution is -0.121. The van der Waals surface area contributed by atoms with Crippen LogP contribution in [-0.4, -0.2) is 37.2 Å². The van der Waals surface area contributed by atoms with E-state index in [0.717, 1.165) is 19.7 Å². The van der Waals surface area contributed by atoms with Gasteiger partial charge in [-0.15, -0.1) is 0 Å². The third kappa shape index (κ3) is 1.64. The van der Waals surface area contributed by atoms with E-state index in [-0.39, 0.29) is 5.60 Å². The van der Waals surface area contributed by atoms with Gasteiger partial charge >= 0.3 is 0 Å². The van der Waals surface area contributed by atoms with Crippen molar-refractivity contribution < 1.29 is 4.74 Å². The maximum Gasteiger partial charge on any atom is 0.0809 e. The summed E-state index contributed by atoms with van der Waals surface area (Å²) in [5, 5.41) is 0. The van der Waals surface area contributed by atoms with Gasteiger partial charge in [-0.2, -0.15) is 0 Å². The fourth-order valence-corrected chi connectivity index (χ4v) is 2.53. The van der Waals surface area contributed by atoms with Crippen molar-refractivity contribution in [1.82, 2.24) is 4.90 Å². The van der Waals surface area contributed by atoms with Crippen LogP contribution in [0, 0.1) is 0 Å². The summed E-state index contributed by atoms with van der Waals surface area (Å²) in [6.45, 7) is 3.21. The van der Waals surface area contributed by atoms with E-state index in [1.807, 2.05) is 0 Å². The summed E-state index contributed by atoms with van der Waals surface area (Å²) in [5.41, 5.74) is 0.255. The molecule has 2 rings (SSSR count). The molecule has 0 aromatic heterocycles. The Morgan fingerprint density at radius 1 is 1.17 bits per heavy atom. The molecule has 1 spiro atoms. The molecule has 1 saturated heterocycles. The summed E-state index contributed by atoms with van der Waals surface area (Å²) < 4.78 is 5.94. The zero-order valence-electron chi connectivity index (χ0n) is 8.01. The van der Waals surface area contributed by atoms with E-state index in [9.17, 15) is 0 Å². The van der Waals surface area contributed by atoms with Crippen LogP contribution < -0.4 is 0 Å². The number of hydrogen-bond donors (Lipinski definition) is 0. The normalized spacial score (nSPS) is 30.8. The maximum absolute atomic E-state index is 5.94. The molecule has 1 aliphatic carbocycles. The number of likely N-dealkylation sites (N-methyl/N-ethyl adjacent to an activating group) is 1. The third-order valence-corrected chi connectivity index (χ3v) is 3.20. The van der Waals surface area contributed by atoms with Gasteiger partial charge in [-0.3, -0.25) is 0 Å². The van der Waals surface area contributed by atoms with Gasteiger partial charge in [-0.1, -0.05) is 19.3 Å². The second-order valence-electron chi connectivity index (χ2n) is 4.33. The smallest absolute Gasteiger partial charge is 0.0809 e. The molecule has 2 nitrogen and oxygen atoms in total. The molecule has 0 unspecified atom stereocenters. The fourth-order valence-electron chi connectivity index (χ4n) is 2.53. The van der Waals surface area contributed by atoms with E-state index >= 15 is 0 Å². The van der Waals surface area contributed by atoms with Crippen molar-refractivity contribution >= 4 is 0 Å². The highest BCUT2D eigenvalue weighted by atomic mass is 16.5. The Hall–Kier alpha value is -0.0800. The molecule has 2 aliphatic rings. The first kappa shape index (κ1) is 8.52. The Bertz CT molecular complexity index is 146. The number of hydrogen-bond acceptors (Lipinski definition) is 2. The Kier molecular flexibility index (Phi) is 2.37. The highest BCUT2D eigenvalue weighted by Gasteiger charge is 2.36. The average molecular weight is 169 g/mol. The predicted octanol–water partition coefficient (Wildman–Crippen LogP) is 1.65. The van der Waals surface area contributed by atoms with Crippen molar-refractivity contribution in [2.45, 2.75) is 37.7 Å². The second kappa shape index (κ2) is 3.35. The van der Waals surface area contributed by atoms with Crippen LogP contribution in [0.25, 0.3) is 0 Å². The van der Waals surface area contributed by atoms with Crippen LogP contribution in [0.1, 0.15) is 32.1 Å². The molecule has 0 amide bonds. The second-order valence-corrected chi connectivity index (χ2v) is 4.33. The fraction of sp³-hybridized carbons (Fsp3) is 1.00. The summed E-state index contributed by atoms with van der Waals surface area (Å²) in [5.74, 6) is 0. The van der Waals surface area contributed by atoms with Crippen LogP contribution >= 0.6 is 0 Å². The van der Waals surface area contributed by atoms with Gasteiger partial charge in [0, 0.05) is 13.1 Å². The Morgan fingerprint density at radius 3 is 2.58 bits per heavy atom. The third-order valence-electron chi connectivity index (χ3n) is 3.20. The van der Waals surface area contributed by atoms with Gasteiger partial charge in [0.25, 0.3) is 0 Å². The molecular weight excluding hydrogens is 150 g/mol. The van der Waals surface area contributed by atoms with Gasteiger partial charge in [0.1, 0.15) is 0 Å². The lowest BCUT2D eigenvalue weighted by Gasteiger charge is -2.43. The average Bonchev–Trinajstić information content (AvgIpc) is 2.05. The van der Waals surface area contributed by atoms with Crippen LogP contribution in [0.15, 0.2) is 0 Å². The first-order chi connectivity index (χ1) is 5.81. The molecule has 0 radical (unpaired) electrons. The van der Waals surface area contributed by atoms with Gasteiger partial charge in [-0.25, -0.2) is 0 Å². The maximum atomic E-state index is 5.94. The first-order valence-electron chi connectivity index (χ1n) is 5.13. The van der Waals surface area contributed by atoms with E-state index in [4.69, 9.17) is 4.74 Å². The van der Waals surface area contributed by atoms with Gasteiger partial charge < -0.3 is 9.64 Å². The summed E-state index contributed by atoms with van der Waals surface area (Å²) in [4.78, 5) is 2.41. The minimum atomic E-state index is 0.255. The Morgan fingerprint density at radius 2 is 1.92 bits per heavy atom. The van der Waals surface area contributed by atoms with Gasteiger partial charge in [0.15, 0.2) is 0 Å². The number of rotatable bonds is 0. The molecule has 1 heterocycles. The zero-order valence-corrected chi connectivity index (χ0v) is 8.01. The van der Waals surface area contributed by atoms with E-state index in [1.165, 1.54) is 32.1 Å². The molecule has 0 aromatic rings. The molecule has 0 bridgehead atoms. The summed E-state index contributed by atoms with van der Waals surface area (Å²) in [6.07, 6.45) is 6.73. The van der Waals surface area contributed by atoms with E-state index in [1.54, 1.807) is 0 Å². The van der Waals surface area contributed by atoms with Crippen molar-refractivity contribution in [3.63, 3.8) is 0 Å². The molecule has 70 valence electrons. The largest absolute Gasteiger partial charge is 0.372 e. The monoisotopic (exact) mass is 169 g/mol. The van der Waals surface area contributed by atoms with Crippen molar-refractivity contribution in [2.24, 2.45) is 0 Å². The van der Waals surface area contributed by atoms with Crippen LogP contribution in [0.2, 0.25) is 0 Å². The zero-order chi connectivity index (χ0) is 8.44. The Labute approximate surface area is 74.9 Å². The minimum Gasteiger partial charge on any atom is -0.372 e. The molecule has 1 aliphatic heterocycles. The quantitative estimate of drug-likeness (QED) is 0.546. The molecule has 2 fully saturated rings. The minimum absolute atomic E-state index is 0.255. The molecule has 0 N–H and O–H groups in total. The van der Waals surface area contributed by atoms with Crippen LogP contribution in [0.5, 0.6) is 0 Å². The SMILES string of the molecule is CN1CCOC2(CCCCC2)C1. The highest BCUT2D eigenvalue weighted by Crippen LogP contribution is 2.33. The molecule has 1 saturated carbocycles. The lowest BCUT2D eigenvalue weighted by atomic mass is 9.83. The van der Waals surface area contributed by atoms with Gasteiger partial charge in [-0.05, 0) is 19.9 Å². The van der Waals surface area contributed by atoms with Crippen LogP contribution in [-0.2, 0) is 4.74 Å². The molecule has 12 heavy (non-hydrogen) atoms. The number of nitrogens with zero attached hydrogens (tertiary/aromatic N) is 1. The van der Waals surface area contributed by atoms with Crippen molar-refractivity contribution in [3.8, 4) is 0 Å². The highest BCUT2D eigenvalue weighted by molar-refractivity contribution is 4.89. The van der Waals surface area contributed by atoms with Crippen molar-refractivity contribution in [1.29, 1.82) is 0 Å². The van der Waals surface area contributed by atoms with Crippen LogP contribution in [0.4, 0.5) is 0 Å². The molecule has 2 heteroatoms. The predicted molar refractivity (Wildman–Crippen MR) is 49.3 cm³/mol. The van der Waals surface area contributed by atoms with Crippen LogP contribution in [0.3, 0.4) is 0 Å². The molecule has 0 aromatic carbocycles. The molecule has 0 atom stereocenters. The van der Waals surface area contributed by atoms with Gasteiger partial charge in [0.05, 0.1) is 12.2 Å². The summed E-state index contributed by atoms with van der Waals surface area (Å²) in [7, 11) is 2.21. The van der Waals surface area contributed by atoms with Crippen molar-refractivity contribution in [3.05, 3.63) is 0 Å². The van der Waals surface area contributed by atoms with Crippen molar-refractivity contribution in [2.75, 3.05) is 26.7 Å². The number of ether oxygens (including phenoxy) is 1. The van der Waals surface area contributed by atoms with Gasteiger partial charge in [0.2, 0.25) is 0 Å². The first-order valence-corrected chi connectivity index (χ1v) is 5.13. The summed E-state index contributed by atoms with van der Waals surface area (Å²) in [6, 6.07) is 0. The number of morpholine rings is 1. The van der Waals surface area contributed by atoms with E-state index in [0.29, 0.717) is 0 Å². The standard InChI is InChI=1S/C10H19NO/c1-11-7-8-12-10(9-11)5-3-2-4-6-10/h2-9H2,1H3. The molecular formula is C10H19NO. The summed E-state index contributed by atoms with van der Waals surface area (Å²) >= 11 is 0. The topological polar surface area (TPSA) is 12.5 Å². The van der Waals surface area contributed by atoms with E-state index < -0.39 is 0 Å². The Balaban J connectivity index is 1.97. The van der Waals surface area contributed by atoms with E-state index in [2.05, 4.69) is 11.9 Å².